The Kier molecular flexibility index (Phi) is 4.26. The predicted molar refractivity (Wildman–Crippen MR) is 91.2 cm³/mol. The first-order chi connectivity index (χ1) is 10.0. The van der Waals surface area contributed by atoms with E-state index in [0.29, 0.717) is 0 Å². The second kappa shape index (κ2) is 6.00. The van der Waals surface area contributed by atoms with Crippen LogP contribution < -0.4 is 4.90 Å². The molecular weight excluding hydrogens is 256 g/mol. The smallest absolute Gasteiger partial charge is 0.0366 e. The van der Waals surface area contributed by atoms with Crippen molar-refractivity contribution in [1.29, 1.82) is 0 Å². The van der Waals surface area contributed by atoms with Crippen molar-refractivity contribution in [2.45, 2.75) is 57.9 Å². The average Bonchev–Trinajstić information content (AvgIpc) is 3.01. The molecule has 2 heterocycles. The van der Waals surface area contributed by atoms with Gasteiger partial charge in [-0.05, 0) is 61.9 Å². The molecule has 2 aliphatic rings. The summed E-state index contributed by atoms with van der Waals surface area (Å²) in [6.07, 6.45) is 5.49. The van der Waals surface area contributed by atoms with Crippen molar-refractivity contribution in [3.05, 3.63) is 29.8 Å². The van der Waals surface area contributed by atoms with E-state index in [1.54, 1.807) is 0 Å². The lowest BCUT2D eigenvalue weighted by Gasteiger charge is -2.38. The maximum absolute atomic E-state index is 2.72. The molecule has 21 heavy (non-hydrogen) atoms. The summed E-state index contributed by atoms with van der Waals surface area (Å²) in [5.41, 5.74) is 3.09. The third-order valence-electron chi connectivity index (χ3n) is 5.22. The van der Waals surface area contributed by atoms with Crippen LogP contribution in [0.15, 0.2) is 24.3 Å². The van der Waals surface area contributed by atoms with Crippen LogP contribution in [0.3, 0.4) is 0 Å². The number of hydrogen-bond acceptors (Lipinski definition) is 2. The third-order valence-corrected chi connectivity index (χ3v) is 5.22. The van der Waals surface area contributed by atoms with Crippen LogP contribution in [0, 0.1) is 0 Å². The lowest BCUT2D eigenvalue weighted by molar-refractivity contribution is 0.208. The van der Waals surface area contributed by atoms with Gasteiger partial charge in [0.1, 0.15) is 0 Å². The zero-order valence-electron chi connectivity index (χ0n) is 13.9. The Labute approximate surface area is 130 Å². The van der Waals surface area contributed by atoms with Gasteiger partial charge in [0.2, 0.25) is 0 Å². The summed E-state index contributed by atoms with van der Waals surface area (Å²) >= 11 is 0. The largest absolute Gasteiger partial charge is 0.371 e. The van der Waals surface area contributed by atoms with Crippen LogP contribution in [0.25, 0.3) is 0 Å². The molecule has 1 aromatic rings. The van der Waals surface area contributed by atoms with Gasteiger partial charge in [-0.2, -0.15) is 0 Å². The molecule has 2 heteroatoms. The lowest BCUT2D eigenvalue weighted by atomic mass is 9.87. The van der Waals surface area contributed by atoms with Crippen LogP contribution in [0.5, 0.6) is 0 Å². The van der Waals surface area contributed by atoms with E-state index in [2.05, 4.69) is 54.8 Å². The van der Waals surface area contributed by atoms with Gasteiger partial charge in [-0.15, -0.1) is 0 Å². The molecule has 2 aliphatic heterocycles. The van der Waals surface area contributed by atoms with Crippen molar-refractivity contribution < 1.29 is 0 Å². The molecule has 3 rings (SSSR count). The molecule has 2 nitrogen and oxygen atoms in total. The number of rotatable bonds is 2. The van der Waals surface area contributed by atoms with Gasteiger partial charge in [-0.3, -0.25) is 0 Å². The highest BCUT2D eigenvalue weighted by atomic mass is 15.2. The van der Waals surface area contributed by atoms with Crippen molar-refractivity contribution in [1.82, 2.24) is 4.90 Å². The minimum absolute atomic E-state index is 0.251. The summed E-state index contributed by atoms with van der Waals surface area (Å²) in [5.74, 6) is 0. The summed E-state index contributed by atoms with van der Waals surface area (Å²) < 4.78 is 0. The first-order valence-corrected chi connectivity index (χ1v) is 8.63. The van der Waals surface area contributed by atoms with Gasteiger partial charge in [0, 0.05) is 24.8 Å². The molecule has 0 amide bonds. The average molecular weight is 286 g/mol. The molecule has 0 N–H and O–H groups in total. The fourth-order valence-electron chi connectivity index (χ4n) is 3.77. The Morgan fingerprint density at radius 1 is 0.857 bits per heavy atom. The first-order valence-electron chi connectivity index (χ1n) is 8.63. The van der Waals surface area contributed by atoms with Crippen LogP contribution in [-0.4, -0.2) is 37.1 Å². The van der Waals surface area contributed by atoms with Crippen molar-refractivity contribution in [2.75, 3.05) is 31.1 Å². The van der Waals surface area contributed by atoms with Crippen molar-refractivity contribution in [2.24, 2.45) is 0 Å². The normalized spacial score (nSPS) is 22.0. The van der Waals surface area contributed by atoms with Gasteiger partial charge < -0.3 is 9.80 Å². The van der Waals surface area contributed by atoms with Crippen molar-refractivity contribution in [3.63, 3.8) is 0 Å². The lowest BCUT2D eigenvalue weighted by Crippen LogP contribution is -2.43. The minimum Gasteiger partial charge on any atom is -0.371 e. The fourth-order valence-corrected chi connectivity index (χ4v) is 3.77. The number of likely N-dealkylation sites (tertiary alicyclic amines) is 1. The van der Waals surface area contributed by atoms with Crippen LogP contribution in [0.2, 0.25) is 0 Å². The monoisotopic (exact) mass is 286 g/mol. The van der Waals surface area contributed by atoms with E-state index in [-0.39, 0.29) is 5.41 Å². The predicted octanol–water partition coefficient (Wildman–Crippen LogP) is 4.05. The number of benzene rings is 1. The number of hydrogen-bond donors (Lipinski definition) is 0. The van der Waals surface area contributed by atoms with Crippen molar-refractivity contribution >= 4 is 5.69 Å². The standard InChI is InChI=1S/C19H30N2/c1-19(2,3)16-6-8-17(9-7-16)21-14-10-18(11-15-21)20-12-4-5-13-20/h6-9,18H,4-5,10-15H2,1-3H3. The second-order valence-electron chi connectivity index (χ2n) is 7.76. The Morgan fingerprint density at radius 2 is 1.43 bits per heavy atom. The molecule has 0 bridgehead atoms. The van der Waals surface area contributed by atoms with Gasteiger partial charge in [0.15, 0.2) is 0 Å². The van der Waals surface area contributed by atoms with Crippen LogP contribution in [-0.2, 0) is 5.41 Å². The van der Waals surface area contributed by atoms with Crippen LogP contribution in [0.1, 0.15) is 52.0 Å². The van der Waals surface area contributed by atoms with Crippen molar-refractivity contribution in [3.8, 4) is 0 Å². The Hall–Kier alpha value is -1.02. The molecule has 116 valence electrons. The van der Waals surface area contributed by atoms with Gasteiger partial charge >= 0.3 is 0 Å². The molecule has 0 unspecified atom stereocenters. The van der Waals surface area contributed by atoms with Crippen LogP contribution in [0.4, 0.5) is 5.69 Å². The van der Waals surface area contributed by atoms with Gasteiger partial charge in [0.25, 0.3) is 0 Å². The quantitative estimate of drug-likeness (QED) is 0.809. The highest BCUT2D eigenvalue weighted by Crippen LogP contribution is 2.28. The number of nitrogens with zero attached hydrogens (tertiary/aromatic N) is 2. The van der Waals surface area contributed by atoms with E-state index < -0.39 is 0 Å². The van der Waals surface area contributed by atoms with E-state index in [9.17, 15) is 0 Å². The summed E-state index contributed by atoms with van der Waals surface area (Å²) in [6.45, 7) is 12.0. The minimum atomic E-state index is 0.251. The Balaban J connectivity index is 1.59. The fraction of sp³-hybridized carbons (Fsp3) is 0.684. The van der Waals surface area contributed by atoms with E-state index in [1.165, 1.54) is 63.1 Å². The number of anilines is 1. The first kappa shape index (κ1) is 14.9. The molecule has 1 aromatic carbocycles. The maximum atomic E-state index is 2.72. The zero-order chi connectivity index (χ0) is 14.9. The molecule has 0 spiro atoms. The summed E-state index contributed by atoms with van der Waals surface area (Å²) in [5, 5.41) is 0. The highest BCUT2D eigenvalue weighted by Gasteiger charge is 2.26. The summed E-state index contributed by atoms with van der Waals surface area (Å²) in [7, 11) is 0. The molecular formula is C19H30N2. The molecule has 0 radical (unpaired) electrons. The third kappa shape index (κ3) is 3.42. The molecule has 0 atom stereocenters. The van der Waals surface area contributed by atoms with E-state index >= 15 is 0 Å². The maximum Gasteiger partial charge on any atom is 0.0366 e. The van der Waals surface area contributed by atoms with Crippen LogP contribution >= 0.6 is 0 Å². The topological polar surface area (TPSA) is 6.48 Å². The molecule has 0 aliphatic carbocycles. The highest BCUT2D eigenvalue weighted by molar-refractivity contribution is 5.49. The van der Waals surface area contributed by atoms with E-state index in [0.717, 1.165) is 6.04 Å². The van der Waals surface area contributed by atoms with E-state index in [1.807, 2.05) is 0 Å². The van der Waals surface area contributed by atoms with Gasteiger partial charge in [-0.1, -0.05) is 32.9 Å². The van der Waals surface area contributed by atoms with Gasteiger partial charge in [0.05, 0.1) is 0 Å². The number of piperidine rings is 1. The summed E-state index contributed by atoms with van der Waals surface area (Å²) in [4.78, 5) is 5.29. The Morgan fingerprint density at radius 3 is 1.95 bits per heavy atom. The van der Waals surface area contributed by atoms with E-state index in [4.69, 9.17) is 0 Å². The molecule has 2 fully saturated rings. The van der Waals surface area contributed by atoms with Gasteiger partial charge in [-0.25, -0.2) is 0 Å². The molecule has 0 saturated carbocycles. The molecule has 2 saturated heterocycles. The molecule has 0 aromatic heterocycles. The SMILES string of the molecule is CC(C)(C)c1ccc(N2CCC(N3CCCC3)CC2)cc1. The Bertz CT molecular complexity index is 443. The summed E-state index contributed by atoms with van der Waals surface area (Å²) in [6, 6.07) is 10.1. The second-order valence-corrected chi connectivity index (χ2v) is 7.76. The zero-order valence-corrected chi connectivity index (χ0v) is 13.9.